The summed E-state index contributed by atoms with van der Waals surface area (Å²) in [6.07, 6.45) is 0.631. The molecule has 1 amide bonds. The molecule has 0 aliphatic carbocycles. The van der Waals surface area contributed by atoms with Crippen molar-refractivity contribution >= 4 is 17.5 Å². The van der Waals surface area contributed by atoms with Crippen LogP contribution in [0, 0.1) is 6.92 Å². The third-order valence-electron chi connectivity index (χ3n) is 2.88. The summed E-state index contributed by atoms with van der Waals surface area (Å²) < 4.78 is 5.25. The zero-order valence-corrected chi connectivity index (χ0v) is 11.4. The van der Waals surface area contributed by atoms with Crippen LogP contribution in [0.15, 0.2) is 12.1 Å². The number of hydrogen-bond acceptors (Lipinski definition) is 3. The van der Waals surface area contributed by atoms with E-state index in [4.69, 9.17) is 4.74 Å². The second-order valence-corrected chi connectivity index (χ2v) is 5.58. The van der Waals surface area contributed by atoms with Gasteiger partial charge in [-0.3, -0.25) is 5.32 Å². The minimum atomic E-state index is -0.479. The fraction of sp³-hybridized carbons (Fsp3) is 0.500. The Labute approximate surface area is 108 Å². The highest BCUT2D eigenvalue weighted by molar-refractivity contribution is 5.88. The molecule has 2 N–H and O–H groups in total. The van der Waals surface area contributed by atoms with Crippen molar-refractivity contribution < 1.29 is 9.53 Å². The number of fused-ring (bicyclic) bond motifs is 1. The summed E-state index contributed by atoms with van der Waals surface area (Å²) in [6.45, 7) is 8.52. The number of carbonyl (C=O) groups excluding carboxylic acids is 1. The summed E-state index contributed by atoms with van der Waals surface area (Å²) in [5.41, 5.74) is 3.84. The molecule has 1 aromatic carbocycles. The lowest BCUT2D eigenvalue weighted by molar-refractivity contribution is 0.0636. The molecule has 0 atom stereocenters. The van der Waals surface area contributed by atoms with Crippen LogP contribution >= 0.6 is 0 Å². The molecular weight excluding hydrogens is 228 g/mol. The van der Waals surface area contributed by atoms with Gasteiger partial charge in [0, 0.05) is 17.9 Å². The van der Waals surface area contributed by atoms with E-state index in [2.05, 4.69) is 16.7 Å². The van der Waals surface area contributed by atoms with Crippen LogP contribution in [0.1, 0.15) is 31.9 Å². The Morgan fingerprint density at radius 2 is 2.11 bits per heavy atom. The van der Waals surface area contributed by atoms with Gasteiger partial charge in [0.2, 0.25) is 0 Å². The van der Waals surface area contributed by atoms with Crippen molar-refractivity contribution in [1.82, 2.24) is 0 Å². The van der Waals surface area contributed by atoms with Gasteiger partial charge in [0.05, 0.1) is 0 Å². The maximum absolute atomic E-state index is 11.7. The Balaban J connectivity index is 2.13. The predicted octanol–water partition coefficient (Wildman–Crippen LogP) is 3.31. The third kappa shape index (κ3) is 2.75. The fourth-order valence-electron chi connectivity index (χ4n) is 2.09. The molecule has 1 aliphatic rings. The number of carbonyl (C=O) groups is 1. The number of anilines is 2. The topological polar surface area (TPSA) is 50.4 Å². The van der Waals surface area contributed by atoms with Crippen LogP contribution in [-0.4, -0.2) is 18.2 Å². The number of nitrogens with one attached hydrogen (secondary N) is 2. The molecule has 1 aromatic rings. The highest BCUT2D eigenvalue weighted by Gasteiger charge is 2.19. The SMILES string of the molecule is Cc1c(NC(=O)OC(C)(C)C)ccc2c1NCC2. The Bertz CT molecular complexity index is 475. The zero-order valence-electron chi connectivity index (χ0n) is 11.4. The molecule has 1 heterocycles. The Kier molecular flexibility index (Phi) is 3.20. The normalized spacial score (nSPS) is 13.8. The minimum Gasteiger partial charge on any atom is -0.444 e. The maximum atomic E-state index is 11.7. The molecule has 0 saturated carbocycles. The second kappa shape index (κ2) is 4.52. The Morgan fingerprint density at radius 3 is 2.78 bits per heavy atom. The quantitative estimate of drug-likeness (QED) is 0.801. The number of ether oxygens (including phenoxy) is 1. The van der Waals surface area contributed by atoms with Crippen molar-refractivity contribution in [3.8, 4) is 0 Å². The van der Waals surface area contributed by atoms with Gasteiger partial charge in [-0.15, -0.1) is 0 Å². The molecule has 0 radical (unpaired) electrons. The third-order valence-corrected chi connectivity index (χ3v) is 2.88. The van der Waals surface area contributed by atoms with E-state index in [-0.39, 0.29) is 0 Å². The van der Waals surface area contributed by atoms with Gasteiger partial charge in [0.25, 0.3) is 0 Å². The van der Waals surface area contributed by atoms with Crippen LogP contribution in [0.3, 0.4) is 0 Å². The number of amides is 1. The number of hydrogen-bond donors (Lipinski definition) is 2. The van der Waals surface area contributed by atoms with Crippen molar-refractivity contribution in [2.24, 2.45) is 0 Å². The van der Waals surface area contributed by atoms with E-state index >= 15 is 0 Å². The predicted molar refractivity (Wildman–Crippen MR) is 73.2 cm³/mol. The molecule has 2 rings (SSSR count). The number of benzene rings is 1. The van der Waals surface area contributed by atoms with Gasteiger partial charge >= 0.3 is 6.09 Å². The average Bonchev–Trinajstić information content (AvgIpc) is 2.68. The van der Waals surface area contributed by atoms with E-state index in [1.807, 2.05) is 33.8 Å². The summed E-state index contributed by atoms with van der Waals surface area (Å²) in [5, 5.41) is 6.13. The summed E-state index contributed by atoms with van der Waals surface area (Å²) >= 11 is 0. The van der Waals surface area contributed by atoms with Crippen LogP contribution < -0.4 is 10.6 Å². The molecule has 0 unspecified atom stereocenters. The molecule has 4 heteroatoms. The largest absolute Gasteiger partial charge is 0.444 e. The highest BCUT2D eigenvalue weighted by Crippen LogP contribution is 2.31. The molecule has 18 heavy (non-hydrogen) atoms. The summed E-state index contributed by atoms with van der Waals surface area (Å²) in [6, 6.07) is 3.99. The summed E-state index contributed by atoms with van der Waals surface area (Å²) in [4.78, 5) is 11.7. The fourth-order valence-corrected chi connectivity index (χ4v) is 2.09. The number of rotatable bonds is 1. The molecule has 0 saturated heterocycles. The van der Waals surface area contributed by atoms with Gasteiger partial charge in [-0.1, -0.05) is 6.07 Å². The van der Waals surface area contributed by atoms with E-state index in [0.717, 1.165) is 29.9 Å². The summed E-state index contributed by atoms with van der Waals surface area (Å²) in [5.74, 6) is 0. The van der Waals surface area contributed by atoms with E-state index in [9.17, 15) is 4.79 Å². The van der Waals surface area contributed by atoms with Crippen LogP contribution in [-0.2, 0) is 11.2 Å². The van der Waals surface area contributed by atoms with Crippen molar-refractivity contribution in [2.75, 3.05) is 17.2 Å². The Hall–Kier alpha value is -1.71. The first-order chi connectivity index (χ1) is 8.37. The maximum Gasteiger partial charge on any atom is 0.412 e. The molecular formula is C14H20N2O2. The van der Waals surface area contributed by atoms with Crippen molar-refractivity contribution in [3.05, 3.63) is 23.3 Å². The Morgan fingerprint density at radius 1 is 1.39 bits per heavy atom. The molecule has 0 spiro atoms. The lowest BCUT2D eigenvalue weighted by Gasteiger charge is -2.20. The minimum absolute atomic E-state index is 0.413. The monoisotopic (exact) mass is 248 g/mol. The van der Waals surface area contributed by atoms with Crippen LogP contribution in [0.5, 0.6) is 0 Å². The van der Waals surface area contributed by atoms with E-state index in [1.54, 1.807) is 0 Å². The smallest absolute Gasteiger partial charge is 0.412 e. The van der Waals surface area contributed by atoms with E-state index in [1.165, 1.54) is 5.56 Å². The first-order valence-corrected chi connectivity index (χ1v) is 6.23. The standard InChI is InChI=1S/C14H20N2O2/c1-9-11(16-13(17)18-14(2,3)4)6-5-10-7-8-15-12(9)10/h5-6,15H,7-8H2,1-4H3,(H,16,17). The van der Waals surface area contributed by atoms with Crippen LogP contribution in [0.25, 0.3) is 0 Å². The second-order valence-electron chi connectivity index (χ2n) is 5.58. The van der Waals surface area contributed by atoms with Gasteiger partial charge < -0.3 is 10.1 Å². The van der Waals surface area contributed by atoms with Crippen LogP contribution in [0.2, 0.25) is 0 Å². The van der Waals surface area contributed by atoms with Gasteiger partial charge in [0.1, 0.15) is 5.60 Å². The van der Waals surface area contributed by atoms with Crippen LogP contribution in [0.4, 0.5) is 16.2 Å². The zero-order chi connectivity index (χ0) is 13.3. The molecule has 0 bridgehead atoms. The van der Waals surface area contributed by atoms with Gasteiger partial charge in [0.15, 0.2) is 0 Å². The molecule has 98 valence electrons. The van der Waals surface area contributed by atoms with Crippen molar-refractivity contribution in [3.63, 3.8) is 0 Å². The van der Waals surface area contributed by atoms with Gasteiger partial charge in [-0.25, -0.2) is 4.79 Å². The first-order valence-electron chi connectivity index (χ1n) is 6.23. The molecule has 1 aliphatic heterocycles. The lowest BCUT2D eigenvalue weighted by atomic mass is 10.1. The summed E-state index contributed by atoms with van der Waals surface area (Å²) in [7, 11) is 0. The molecule has 4 nitrogen and oxygen atoms in total. The lowest BCUT2D eigenvalue weighted by Crippen LogP contribution is -2.27. The highest BCUT2D eigenvalue weighted by atomic mass is 16.6. The van der Waals surface area contributed by atoms with Crippen molar-refractivity contribution in [1.29, 1.82) is 0 Å². The van der Waals surface area contributed by atoms with Gasteiger partial charge in [-0.05, 0) is 51.3 Å². The first kappa shape index (κ1) is 12.7. The van der Waals surface area contributed by atoms with Gasteiger partial charge in [-0.2, -0.15) is 0 Å². The molecule has 0 aromatic heterocycles. The van der Waals surface area contributed by atoms with E-state index in [0.29, 0.717) is 0 Å². The average molecular weight is 248 g/mol. The molecule has 0 fully saturated rings. The van der Waals surface area contributed by atoms with E-state index < -0.39 is 11.7 Å². The van der Waals surface area contributed by atoms with Crippen molar-refractivity contribution in [2.45, 2.75) is 39.7 Å².